The van der Waals surface area contributed by atoms with E-state index in [1.807, 2.05) is 0 Å². The second-order valence-corrected chi connectivity index (χ2v) is 7.09. The van der Waals surface area contributed by atoms with Crippen LogP contribution in [0.2, 0.25) is 0 Å². The van der Waals surface area contributed by atoms with Gasteiger partial charge in [0, 0.05) is 0 Å². The van der Waals surface area contributed by atoms with Crippen LogP contribution >= 0.6 is 0 Å². The van der Waals surface area contributed by atoms with Crippen LogP contribution < -0.4 is 4.74 Å². The zero-order valence-corrected chi connectivity index (χ0v) is 14.7. The molecular formula is C21H34O. The van der Waals surface area contributed by atoms with Crippen molar-refractivity contribution in [1.82, 2.24) is 0 Å². The SMILES string of the molecule is CCCCCC1CCC(COc2ccc(CCC)cc2)CC1. The van der Waals surface area contributed by atoms with Crippen LogP contribution in [-0.2, 0) is 6.42 Å². The molecule has 0 aromatic heterocycles. The van der Waals surface area contributed by atoms with Crippen molar-refractivity contribution in [3.8, 4) is 5.75 Å². The second kappa shape index (κ2) is 9.92. The highest BCUT2D eigenvalue weighted by Crippen LogP contribution is 2.32. The number of ether oxygens (including phenoxy) is 1. The molecule has 0 N–H and O–H groups in total. The van der Waals surface area contributed by atoms with Crippen molar-refractivity contribution in [3.05, 3.63) is 29.8 Å². The number of benzene rings is 1. The predicted molar refractivity (Wildman–Crippen MR) is 95.5 cm³/mol. The molecule has 0 saturated heterocycles. The highest BCUT2D eigenvalue weighted by atomic mass is 16.5. The van der Waals surface area contributed by atoms with Crippen LogP contribution in [0.25, 0.3) is 0 Å². The first-order chi connectivity index (χ1) is 10.8. The summed E-state index contributed by atoms with van der Waals surface area (Å²) >= 11 is 0. The standard InChI is InChI=1S/C21H34O/c1-3-5-6-8-19-9-11-20(12-10-19)17-22-21-15-13-18(7-4-2)14-16-21/h13-16,19-20H,3-12,17H2,1-2H3. The molecule has 0 radical (unpaired) electrons. The van der Waals surface area contributed by atoms with Crippen LogP contribution in [0.5, 0.6) is 5.75 Å². The average molecular weight is 303 g/mol. The van der Waals surface area contributed by atoms with Crippen molar-refractivity contribution in [2.45, 2.75) is 78.1 Å². The Kier molecular flexibility index (Phi) is 7.83. The van der Waals surface area contributed by atoms with Crippen molar-refractivity contribution in [1.29, 1.82) is 0 Å². The lowest BCUT2D eigenvalue weighted by atomic mass is 9.80. The fourth-order valence-electron chi connectivity index (χ4n) is 3.62. The molecule has 22 heavy (non-hydrogen) atoms. The Labute approximate surface area is 137 Å². The summed E-state index contributed by atoms with van der Waals surface area (Å²) in [6, 6.07) is 8.70. The van der Waals surface area contributed by atoms with E-state index in [1.54, 1.807) is 0 Å². The summed E-state index contributed by atoms with van der Waals surface area (Å²) in [6.45, 7) is 5.43. The molecule has 0 atom stereocenters. The fraction of sp³-hybridized carbons (Fsp3) is 0.714. The summed E-state index contributed by atoms with van der Waals surface area (Å²) < 4.78 is 6.01. The third-order valence-electron chi connectivity index (χ3n) is 5.13. The zero-order chi connectivity index (χ0) is 15.6. The van der Waals surface area contributed by atoms with Crippen LogP contribution in [0.15, 0.2) is 24.3 Å². The van der Waals surface area contributed by atoms with E-state index in [1.165, 1.54) is 69.8 Å². The first-order valence-electron chi connectivity index (χ1n) is 9.53. The van der Waals surface area contributed by atoms with E-state index in [4.69, 9.17) is 4.74 Å². The van der Waals surface area contributed by atoms with Gasteiger partial charge in [-0.05, 0) is 48.8 Å². The maximum absolute atomic E-state index is 6.01. The van der Waals surface area contributed by atoms with Gasteiger partial charge in [0.05, 0.1) is 6.61 Å². The molecule has 1 nitrogen and oxygen atoms in total. The normalized spacial score (nSPS) is 21.7. The molecule has 1 saturated carbocycles. The lowest BCUT2D eigenvalue weighted by Crippen LogP contribution is -2.20. The van der Waals surface area contributed by atoms with Gasteiger partial charge in [-0.3, -0.25) is 0 Å². The van der Waals surface area contributed by atoms with Crippen LogP contribution in [-0.4, -0.2) is 6.61 Å². The molecular weight excluding hydrogens is 268 g/mol. The summed E-state index contributed by atoms with van der Waals surface area (Å²) in [5.74, 6) is 2.82. The average Bonchev–Trinajstić information content (AvgIpc) is 2.56. The number of unbranched alkanes of at least 4 members (excludes halogenated alkanes) is 2. The van der Waals surface area contributed by atoms with Gasteiger partial charge < -0.3 is 4.74 Å². The highest BCUT2D eigenvalue weighted by molar-refractivity contribution is 5.27. The van der Waals surface area contributed by atoms with Gasteiger partial charge in [0.1, 0.15) is 5.75 Å². The van der Waals surface area contributed by atoms with E-state index < -0.39 is 0 Å². The molecule has 1 aliphatic carbocycles. The Balaban J connectivity index is 1.64. The minimum Gasteiger partial charge on any atom is -0.493 e. The quantitative estimate of drug-likeness (QED) is 0.479. The first kappa shape index (κ1) is 17.4. The van der Waals surface area contributed by atoms with E-state index in [9.17, 15) is 0 Å². The summed E-state index contributed by atoms with van der Waals surface area (Å²) in [5, 5.41) is 0. The van der Waals surface area contributed by atoms with Crippen molar-refractivity contribution in [3.63, 3.8) is 0 Å². The lowest BCUT2D eigenvalue weighted by molar-refractivity contribution is 0.177. The summed E-state index contributed by atoms with van der Waals surface area (Å²) in [7, 11) is 0. The Morgan fingerprint density at radius 3 is 2.18 bits per heavy atom. The lowest BCUT2D eigenvalue weighted by Gasteiger charge is -2.28. The van der Waals surface area contributed by atoms with Crippen LogP contribution in [0, 0.1) is 11.8 Å². The minimum absolute atomic E-state index is 0.776. The Morgan fingerprint density at radius 1 is 0.864 bits per heavy atom. The molecule has 0 spiro atoms. The van der Waals surface area contributed by atoms with Crippen molar-refractivity contribution in [2.24, 2.45) is 11.8 Å². The van der Waals surface area contributed by atoms with Crippen molar-refractivity contribution in [2.75, 3.05) is 6.61 Å². The zero-order valence-electron chi connectivity index (χ0n) is 14.7. The maximum atomic E-state index is 6.01. The van der Waals surface area contributed by atoms with E-state index in [0.29, 0.717) is 0 Å². The molecule has 0 aliphatic heterocycles. The van der Waals surface area contributed by atoms with Crippen molar-refractivity contribution >= 4 is 0 Å². The molecule has 0 amide bonds. The van der Waals surface area contributed by atoms with Gasteiger partial charge in [0.2, 0.25) is 0 Å². The van der Waals surface area contributed by atoms with Gasteiger partial charge in [-0.1, -0.05) is 70.9 Å². The van der Waals surface area contributed by atoms with Gasteiger partial charge in [-0.25, -0.2) is 0 Å². The molecule has 1 aromatic carbocycles. The molecule has 0 unspecified atom stereocenters. The molecule has 1 aliphatic rings. The van der Waals surface area contributed by atoms with Gasteiger partial charge >= 0.3 is 0 Å². The molecule has 1 heteroatoms. The van der Waals surface area contributed by atoms with Gasteiger partial charge in [-0.15, -0.1) is 0 Å². The molecule has 2 rings (SSSR count). The molecule has 124 valence electrons. The number of hydrogen-bond donors (Lipinski definition) is 0. The molecule has 1 fully saturated rings. The Bertz CT molecular complexity index is 387. The molecule has 0 bridgehead atoms. The van der Waals surface area contributed by atoms with E-state index in [2.05, 4.69) is 38.1 Å². The van der Waals surface area contributed by atoms with Crippen molar-refractivity contribution < 1.29 is 4.74 Å². The van der Waals surface area contributed by atoms with Crippen LogP contribution in [0.1, 0.15) is 77.2 Å². The number of aryl methyl sites for hydroxylation is 1. The summed E-state index contributed by atoms with van der Waals surface area (Å²) in [6.07, 6.45) is 13.6. The highest BCUT2D eigenvalue weighted by Gasteiger charge is 2.21. The van der Waals surface area contributed by atoms with E-state index in [0.717, 1.165) is 24.2 Å². The van der Waals surface area contributed by atoms with Gasteiger partial charge in [0.25, 0.3) is 0 Å². The van der Waals surface area contributed by atoms with E-state index in [-0.39, 0.29) is 0 Å². The van der Waals surface area contributed by atoms with Gasteiger partial charge in [-0.2, -0.15) is 0 Å². The second-order valence-electron chi connectivity index (χ2n) is 7.09. The number of rotatable bonds is 9. The third-order valence-corrected chi connectivity index (χ3v) is 5.13. The summed E-state index contributed by atoms with van der Waals surface area (Å²) in [5.41, 5.74) is 1.42. The first-order valence-corrected chi connectivity index (χ1v) is 9.53. The van der Waals surface area contributed by atoms with E-state index >= 15 is 0 Å². The van der Waals surface area contributed by atoms with Gasteiger partial charge in [0.15, 0.2) is 0 Å². The molecule has 1 aromatic rings. The smallest absolute Gasteiger partial charge is 0.119 e. The fourth-order valence-corrected chi connectivity index (χ4v) is 3.62. The Morgan fingerprint density at radius 2 is 1.55 bits per heavy atom. The molecule has 0 heterocycles. The van der Waals surface area contributed by atoms with Crippen LogP contribution in [0.3, 0.4) is 0 Å². The number of hydrogen-bond acceptors (Lipinski definition) is 1. The Hall–Kier alpha value is -0.980. The summed E-state index contributed by atoms with van der Waals surface area (Å²) in [4.78, 5) is 0. The monoisotopic (exact) mass is 302 g/mol. The van der Waals surface area contributed by atoms with Crippen LogP contribution in [0.4, 0.5) is 0 Å². The maximum Gasteiger partial charge on any atom is 0.119 e. The largest absolute Gasteiger partial charge is 0.493 e. The minimum atomic E-state index is 0.776. The third kappa shape index (κ3) is 6.02. The predicted octanol–water partition coefficient (Wildman–Crippen LogP) is 6.40. The topological polar surface area (TPSA) is 9.23 Å².